The maximum Gasteiger partial charge on any atom is 0.290 e. The van der Waals surface area contributed by atoms with Crippen molar-refractivity contribution < 1.29 is 52.0 Å². The van der Waals surface area contributed by atoms with Crippen LogP contribution in [0.15, 0.2) is 154 Å². The van der Waals surface area contributed by atoms with Gasteiger partial charge in [0.2, 0.25) is 0 Å². The Morgan fingerprint density at radius 2 is 1.09 bits per heavy atom. The Kier molecular flexibility index (Phi) is 15.4. The van der Waals surface area contributed by atoms with E-state index in [4.69, 9.17) is 23.2 Å². The summed E-state index contributed by atoms with van der Waals surface area (Å²) in [6.07, 6.45) is 0.0827. The number of aryl methyl sites for hydroxylation is 3. The molecular weight excluding hydrogens is 939 g/mol. The van der Waals surface area contributed by atoms with E-state index < -0.39 is 22.3 Å². The molecule has 0 fully saturated rings. The van der Waals surface area contributed by atoms with Gasteiger partial charge in [0, 0.05) is 63.2 Å². The number of nitrogens with zero attached hydrogens (tertiary/aromatic N) is 5. The van der Waals surface area contributed by atoms with Crippen LogP contribution in [0.4, 0.5) is 34.1 Å². The summed E-state index contributed by atoms with van der Waals surface area (Å²) >= 11 is 11.8. The largest absolute Gasteiger partial charge is 0.506 e. The maximum absolute atomic E-state index is 13.1. The summed E-state index contributed by atoms with van der Waals surface area (Å²) in [7, 11) is 0. The van der Waals surface area contributed by atoms with Gasteiger partial charge in [-0.25, -0.2) is 0 Å². The van der Waals surface area contributed by atoms with Crippen molar-refractivity contribution in [1.29, 1.82) is 0 Å². The topological polar surface area (TPSA) is 220 Å². The molecule has 0 heterocycles. The molecule has 0 atom stereocenters. The Morgan fingerprint density at radius 3 is 1.67 bits per heavy atom. The second-order valence-corrected chi connectivity index (χ2v) is 15.8. The second-order valence-electron chi connectivity index (χ2n) is 15.0. The first-order chi connectivity index (χ1) is 31.6. The monoisotopic (exact) mass is 976 g/mol. The molecule has 8 rings (SSSR count). The summed E-state index contributed by atoms with van der Waals surface area (Å²) in [4.78, 5) is 36.6. The number of nitro groups is 1. The fourth-order valence-electron chi connectivity index (χ4n) is 6.91. The summed E-state index contributed by atoms with van der Waals surface area (Å²) < 4.78 is 0. The minimum atomic E-state index is -0.710. The third kappa shape index (κ3) is 10.9. The minimum Gasteiger partial charge on any atom is -0.506 e. The number of carbonyl (C=O) groups is 2. The number of hydrogen-bond donors (Lipinski definition) is 5. The van der Waals surface area contributed by atoms with E-state index in [1.807, 2.05) is 68.4 Å². The molecule has 8 aromatic carbocycles. The zero-order valence-electron chi connectivity index (χ0n) is 35.7. The number of rotatable bonds is 10. The molecule has 0 unspecified atom stereocenters. The van der Waals surface area contributed by atoms with Crippen molar-refractivity contribution in [2.45, 2.75) is 27.2 Å². The number of nitrogens with one attached hydrogen (secondary N) is 1. The van der Waals surface area contributed by atoms with Gasteiger partial charge < -0.3 is 25.7 Å². The number of fused-ring (bicyclic) bond motifs is 2. The molecule has 0 spiro atoms. The van der Waals surface area contributed by atoms with Gasteiger partial charge in [0.05, 0.1) is 16.1 Å². The van der Waals surface area contributed by atoms with Gasteiger partial charge in [-0.2, -0.15) is 0 Å². The molecule has 338 valence electrons. The molecule has 0 aliphatic carbocycles. The summed E-state index contributed by atoms with van der Waals surface area (Å²) in [6.45, 7) is 5.57. The van der Waals surface area contributed by atoms with Crippen molar-refractivity contribution >= 4 is 90.6 Å². The van der Waals surface area contributed by atoms with Gasteiger partial charge >= 0.3 is 0 Å². The average Bonchev–Trinajstić information content (AvgIpc) is 3.29. The number of phenolic OH excluding ortho intramolecular Hbond substituents is 4. The Bertz CT molecular complexity index is 3310. The molecule has 0 aliphatic rings. The van der Waals surface area contributed by atoms with E-state index in [-0.39, 0.29) is 85.4 Å². The predicted molar refractivity (Wildman–Crippen MR) is 256 cm³/mol. The number of benzene rings is 8. The number of amides is 1. The first-order valence-corrected chi connectivity index (χ1v) is 20.8. The van der Waals surface area contributed by atoms with Gasteiger partial charge in [-0.15, -0.1) is 20.5 Å². The number of azo groups is 2. The van der Waals surface area contributed by atoms with Crippen LogP contribution in [0.1, 0.15) is 43.0 Å². The van der Waals surface area contributed by atoms with E-state index in [0.717, 1.165) is 34.4 Å². The van der Waals surface area contributed by atoms with E-state index in [1.54, 1.807) is 67.6 Å². The Labute approximate surface area is 403 Å². The number of carbonyl (C=O) groups excluding carboxylic acids is 2. The van der Waals surface area contributed by atoms with Crippen LogP contribution in [0, 0.1) is 30.9 Å². The van der Waals surface area contributed by atoms with Gasteiger partial charge in [0.15, 0.2) is 17.3 Å². The molecule has 8 aromatic rings. The van der Waals surface area contributed by atoms with Gasteiger partial charge in [0.1, 0.15) is 39.3 Å². The van der Waals surface area contributed by atoms with Crippen LogP contribution in [0.5, 0.6) is 23.0 Å². The van der Waals surface area contributed by atoms with Crippen LogP contribution in [-0.4, -0.2) is 37.0 Å². The third-order valence-corrected chi connectivity index (χ3v) is 11.3. The summed E-state index contributed by atoms with van der Waals surface area (Å²) in [5, 5.41) is 75.1. The zero-order valence-corrected chi connectivity index (χ0v) is 38.3. The van der Waals surface area contributed by atoms with Gasteiger partial charge in [-0.05, 0) is 78.1 Å². The Balaban J connectivity index is 0.000000218. The fraction of sp³-hybridized carbons (Fsp3) is 0.0800. The molecule has 67 heavy (non-hydrogen) atoms. The van der Waals surface area contributed by atoms with Gasteiger partial charge in [-0.1, -0.05) is 114 Å². The summed E-state index contributed by atoms with van der Waals surface area (Å²) in [5.74, 6) is -2.01. The molecule has 0 saturated heterocycles. The maximum atomic E-state index is 13.1. The molecular formula is C50H38Cl2FeN6O8. The van der Waals surface area contributed by atoms with Crippen LogP contribution in [0.2, 0.25) is 10.0 Å². The summed E-state index contributed by atoms with van der Waals surface area (Å²) in [5.41, 5.74) is 3.86. The van der Waals surface area contributed by atoms with Crippen molar-refractivity contribution in [3.05, 3.63) is 187 Å². The molecule has 17 heteroatoms. The minimum absolute atomic E-state index is 0. The number of halogens is 2. The average molecular weight is 978 g/mol. The van der Waals surface area contributed by atoms with Gasteiger partial charge in [-0.3, -0.25) is 19.7 Å². The normalized spacial score (nSPS) is 11.1. The Hall–Kier alpha value is -7.68. The van der Waals surface area contributed by atoms with Crippen molar-refractivity contribution in [2.24, 2.45) is 20.5 Å². The van der Waals surface area contributed by atoms with Crippen molar-refractivity contribution in [2.75, 3.05) is 5.32 Å². The molecule has 0 aliphatic heterocycles. The number of para-hydroxylation sites is 1. The predicted octanol–water partition coefficient (Wildman–Crippen LogP) is 14.1. The fourth-order valence-corrected chi connectivity index (χ4v) is 7.29. The second kappa shape index (κ2) is 21.1. The SMILES string of the molecule is Cc1cc(N=Nc2c(O)c(C(=O)Nc3ccccc3C)cc3ccccc23)c(O)cc1Cl.Cc1ccccc1CC(=O)c1cc2ccccc2c(N=Nc2cc([N+](=O)[O-])c(Cl)cc2O)c1O.[Fe]. The molecule has 0 aromatic heterocycles. The number of nitro benzene ring substituents is 1. The van der Waals surface area contributed by atoms with Crippen molar-refractivity contribution in [3.63, 3.8) is 0 Å². The van der Waals surface area contributed by atoms with E-state index in [9.17, 15) is 40.1 Å². The van der Waals surface area contributed by atoms with E-state index >= 15 is 0 Å². The zero-order chi connectivity index (χ0) is 47.2. The van der Waals surface area contributed by atoms with E-state index in [0.29, 0.717) is 32.3 Å². The molecule has 0 bridgehead atoms. The molecule has 5 N–H and O–H groups in total. The number of aromatic hydroxyl groups is 4. The number of hydrogen-bond acceptors (Lipinski definition) is 12. The van der Waals surface area contributed by atoms with E-state index in [1.165, 1.54) is 6.07 Å². The first kappa shape index (κ1) is 48.8. The van der Waals surface area contributed by atoms with Crippen molar-refractivity contribution in [3.8, 4) is 23.0 Å². The van der Waals surface area contributed by atoms with Crippen LogP contribution in [0.25, 0.3) is 21.5 Å². The van der Waals surface area contributed by atoms with Crippen LogP contribution < -0.4 is 5.32 Å². The number of Topliss-reactive ketones (excluding diaryl/α,β-unsaturated/α-hetero) is 1. The molecule has 0 saturated carbocycles. The van der Waals surface area contributed by atoms with Crippen LogP contribution >= 0.6 is 23.2 Å². The van der Waals surface area contributed by atoms with Crippen molar-refractivity contribution in [1.82, 2.24) is 0 Å². The summed E-state index contributed by atoms with van der Waals surface area (Å²) in [6, 6.07) is 37.2. The first-order valence-electron chi connectivity index (χ1n) is 20.0. The smallest absolute Gasteiger partial charge is 0.290 e. The number of phenols is 4. The Morgan fingerprint density at radius 1 is 0.597 bits per heavy atom. The number of ketones is 1. The quantitative estimate of drug-likeness (QED) is 0.0291. The van der Waals surface area contributed by atoms with Gasteiger partial charge in [0.25, 0.3) is 11.6 Å². The third-order valence-electron chi connectivity index (χ3n) is 10.6. The molecule has 14 nitrogen and oxygen atoms in total. The molecule has 1 amide bonds. The standard InChI is InChI=1S/C25H18ClN3O5.C25H20ClN3O3.Fe/c1-14-6-2-3-7-15(14)11-22(30)18-10-16-8-4-5-9-17(16)24(25(18)32)28-27-20-13-21(29(33)34)19(26)12-23(20)31;1-14-7-3-6-10-20(14)27-25(32)18-12-16-8-4-5-9-17(16)23(24(18)31)29-28-21-11-15(2)19(26)13-22(21)30;/h2-10,12-13,31-32H,11H2,1H3;3-13,30-31H,1-2H3,(H,27,32);. The number of anilines is 1. The van der Waals surface area contributed by atoms with E-state index in [2.05, 4.69) is 25.8 Å². The van der Waals surface area contributed by atoms with Crippen LogP contribution in [-0.2, 0) is 23.5 Å². The van der Waals surface area contributed by atoms with Crippen LogP contribution in [0.3, 0.4) is 0 Å². The molecule has 0 radical (unpaired) electrons.